The van der Waals surface area contributed by atoms with Gasteiger partial charge >= 0.3 is 0 Å². The van der Waals surface area contributed by atoms with Crippen molar-refractivity contribution in [3.63, 3.8) is 0 Å². The number of aromatic nitrogens is 3. The Kier molecular flexibility index (Phi) is 5.78. The third-order valence-corrected chi connectivity index (χ3v) is 5.63. The predicted molar refractivity (Wildman–Crippen MR) is 123 cm³/mol. The van der Waals surface area contributed by atoms with Crippen molar-refractivity contribution in [3.8, 4) is 11.3 Å². The zero-order chi connectivity index (χ0) is 22.9. The Morgan fingerprint density at radius 2 is 1.81 bits per heavy atom. The van der Waals surface area contributed by atoms with Crippen LogP contribution in [0.2, 0.25) is 0 Å². The lowest BCUT2D eigenvalue weighted by Gasteiger charge is -2.29. The number of aliphatic hydroxyl groups excluding tert-OH is 1. The summed E-state index contributed by atoms with van der Waals surface area (Å²) >= 11 is 0. The summed E-state index contributed by atoms with van der Waals surface area (Å²) in [5, 5.41) is 28.0. The van der Waals surface area contributed by atoms with Crippen LogP contribution in [0.15, 0.2) is 66.7 Å². The quantitative estimate of drug-likeness (QED) is 0.430. The Labute approximate surface area is 186 Å². The molecular weight excluding hydrogens is 404 g/mol. The van der Waals surface area contributed by atoms with Gasteiger partial charge in [-0.1, -0.05) is 49.4 Å². The molecule has 0 saturated heterocycles. The summed E-state index contributed by atoms with van der Waals surface area (Å²) in [6.07, 6.45) is -0.477. The molecular formula is C25H26N4O3. The number of aliphatic hydroxyl groups is 2. The van der Waals surface area contributed by atoms with Crippen LogP contribution in [0.1, 0.15) is 41.9 Å². The highest BCUT2D eigenvalue weighted by molar-refractivity contribution is 6.04. The first kappa shape index (κ1) is 21.7. The number of nitrogens with one attached hydrogen (secondary N) is 1. The second-order valence-electron chi connectivity index (χ2n) is 8.05. The first-order valence-electron chi connectivity index (χ1n) is 10.5. The number of aryl methyl sites for hydroxylation is 1. The van der Waals surface area contributed by atoms with Crippen LogP contribution in [0.25, 0.3) is 16.9 Å². The van der Waals surface area contributed by atoms with Gasteiger partial charge in [-0.3, -0.25) is 4.79 Å². The van der Waals surface area contributed by atoms with E-state index in [1.165, 1.54) is 0 Å². The maximum absolute atomic E-state index is 12.9. The predicted octanol–water partition coefficient (Wildman–Crippen LogP) is 3.94. The SMILES string of the molecule is CCC(O)[C@@](C)(O)c1ccc(C(=O)Nc2cc(-c3ccccc3)n3nc(C)cc3n2)cc1. The average Bonchev–Trinajstić information content (AvgIpc) is 3.18. The first-order chi connectivity index (χ1) is 15.3. The van der Waals surface area contributed by atoms with Crippen molar-refractivity contribution in [2.45, 2.75) is 38.9 Å². The van der Waals surface area contributed by atoms with Gasteiger partial charge in [0.1, 0.15) is 11.4 Å². The number of rotatable bonds is 6. The molecule has 0 bridgehead atoms. The van der Waals surface area contributed by atoms with E-state index in [1.807, 2.05) is 43.3 Å². The second-order valence-corrected chi connectivity index (χ2v) is 8.05. The van der Waals surface area contributed by atoms with Gasteiger partial charge in [-0.25, -0.2) is 9.50 Å². The molecule has 0 radical (unpaired) electrons. The molecule has 0 aliphatic carbocycles. The topological polar surface area (TPSA) is 99.8 Å². The Morgan fingerprint density at radius 1 is 1.12 bits per heavy atom. The fourth-order valence-electron chi connectivity index (χ4n) is 3.70. The zero-order valence-electron chi connectivity index (χ0n) is 18.3. The van der Waals surface area contributed by atoms with Gasteiger partial charge in [-0.15, -0.1) is 0 Å². The van der Waals surface area contributed by atoms with E-state index in [2.05, 4.69) is 15.4 Å². The Bertz CT molecular complexity index is 1250. The molecule has 0 spiro atoms. The van der Waals surface area contributed by atoms with Crippen molar-refractivity contribution >= 4 is 17.4 Å². The second kappa shape index (κ2) is 8.53. The minimum atomic E-state index is -1.39. The minimum absolute atomic E-state index is 0.320. The number of anilines is 1. The summed E-state index contributed by atoms with van der Waals surface area (Å²) in [4.78, 5) is 17.4. The van der Waals surface area contributed by atoms with E-state index >= 15 is 0 Å². The fourth-order valence-corrected chi connectivity index (χ4v) is 3.70. The van der Waals surface area contributed by atoms with Crippen LogP contribution in [0.3, 0.4) is 0 Å². The van der Waals surface area contributed by atoms with Crippen LogP contribution >= 0.6 is 0 Å². The number of fused-ring (bicyclic) bond motifs is 1. The van der Waals surface area contributed by atoms with Crippen molar-refractivity contribution < 1.29 is 15.0 Å². The van der Waals surface area contributed by atoms with Crippen molar-refractivity contribution in [2.24, 2.45) is 0 Å². The molecule has 0 aliphatic heterocycles. The van der Waals surface area contributed by atoms with Gasteiger partial charge in [-0.2, -0.15) is 5.10 Å². The number of carbonyl (C=O) groups excluding carboxylic acids is 1. The molecule has 2 atom stereocenters. The highest BCUT2D eigenvalue weighted by Crippen LogP contribution is 2.27. The first-order valence-corrected chi connectivity index (χ1v) is 10.5. The molecule has 2 aromatic heterocycles. The summed E-state index contributed by atoms with van der Waals surface area (Å²) < 4.78 is 1.76. The summed E-state index contributed by atoms with van der Waals surface area (Å²) in [7, 11) is 0. The largest absolute Gasteiger partial charge is 0.390 e. The fraction of sp³-hybridized carbons (Fsp3) is 0.240. The highest BCUT2D eigenvalue weighted by Gasteiger charge is 2.31. The number of amides is 1. The molecule has 0 saturated carbocycles. The lowest BCUT2D eigenvalue weighted by Crippen LogP contribution is -2.36. The Morgan fingerprint density at radius 3 is 2.47 bits per heavy atom. The number of hydrogen-bond donors (Lipinski definition) is 3. The molecule has 7 heteroatoms. The summed E-state index contributed by atoms with van der Waals surface area (Å²) in [5.74, 6) is 0.0954. The maximum atomic E-state index is 12.9. The van der Waals surface area contributed by atoms with E-state index in [-0.39, 0.29) is 5.91 Å². The number of carbonyl (C=O) groups is 1. The van der Waals surface area contributed by atoms with Crippen LogP contribution in [0.4, 0.5) is 5.82 Å². The third-order valence-electron chi connectivity index (χ3n) is 5.63. The smallest absolute Gasteiger partial charge is 0.256 e. The highest BCUT2D eigenvalue weighted by atomic mass is 16.3. The molecule has 1 unspecified atom stereocenters. The molecule has 1 amide bonds. The van der Waals surface area contributed by atoms with Crippen LogP contribution in [0, 0.1) is 6.92 Å². The molecule has 32 heavy (non-hydrogen) atoms. The molecule has 3 N–H and O–H groups in total. The van der Waals surface area contributed by atoms with Gasteiger partial charge in [-0.05, 0) is 38.0 Å². The third kappa shape index (κ3) is 4.12. The lowest BCUT2D eigenvalue weighted by atomic mass is 9.88. The normalized spacial score (nSPS) is 14.2. The van der Waals surface area contributed by atoms with Gasteiger partial charge in [0.2, 0.25) is 0 Å². The van der Waals surface area contributed by atoms with Gasteiger partial charge in [0, 0.05) is 23.3 Å². The van der Waals surface area contributed by atoms with Gasteiger partial charge in [0.15, 0.2) is 5.65 Å². The molecule has 164 valence electrons. The molecule has 2 aromatic carbocycles. The van der Waals surface area contributed by atoms with E-state index < -0.39 is 11.7 Å². The van der Waals surface area contributed by atoms with Gasteiger partial charge in [0.05, 0.1) is 17.5 Å². The molecule has 7 nitrogen and oxygen atoms in total. The summed E-state index contributed by atoms with van der Waals surface area (Å²) in [5.41, 5.74) is 2.82. The van der Waals surface area contributed by atoms with Gasteiger partial charge < -0.3 is 15.5 Å². The van der Waals surface area contributed by atoms with E-state index in [0.29, 0.717) is 29.0 Å². The maximum Gasteiger partial charge on any atom is 0.256 e. The molecule has 4 rings (SSSR count). The van der Waals surface area contributed by atoms with Crippen molar-refractivity contribution in [1.82, 2.24) is 14.6 Å². The average molecular weight is 431 g/mol. The van der Waals surface area contributed by atoms with E-state index in [9.17, 15) is 15.0 Å². The number of hydrogen-bond acceptors (Lipinski definition) is 5. The number of nitrogens with zero attached hydrogens (tertiary/aromatic N) is 3. The van der Waals surface area contributed by atoms with E-state index in [0.717, 1.165) is 17.0 Å². The Balaban J connectivity index is 1.63. The monoisotopic (exact) mass is 430 g/mol. The van der Waals surface area contributed by atoms with E-state index in [4.69, 9.17) is 0 Å². The van der Waals surface area contributed by atoms with Crippen molar-refractivity contribution in [1.29, 1.82) is 0 Å². The lowest BCUT2D eigenvalue weighted by molar-refractivity contribution is -0.0678. The molecule has 0 fully saturated rings. The molecule has 2 heterocycles. The zero-order valence-corrected chi connectivity index (χ0v) is 18.3. The summed E-state index contributed by atoms with van der Waals surface area (Å²) in [6, 6.07) is 20.0. The van der Waals surface area contributed by atoms with Crippen molar-refractivity contribution in [2.75, 3.05) is 5.32 Å². The number of benzene rings is 2. The standard InChI is InChI=1S/C25H26N4O3/c1-4-21(30)25(3,32)19-12-10-18(11-13-19)24(31)27-22-15-20(17-8-6-5-7-9-17)29-23(26-22)14-16(2)28-29/h5-15,21,30,32H,4H2,1-3H3,(H,26,27,31)/t21?,25-/m0/s1. The van der Waals surface area contributed by atoms with Crippen LogP contribution in [0.5, 0.6) is 0 Å². The minimum Gasteiger partial charge on any atom is -0.390 e. The Hall–Kier alpha value is -3.55. The van der Waals surface area contributed by atoms with Crippen LogP contribution < -0.4 is 5.32 Å². The summed E-state index contributed by atoms with van der Waals surface area (Å²) in [6.45, 7) is 5.26. The van der Waals surface area contributed by atoms with Crippen LogP contribution in [-0.2, 0) is 5.60 Å². The van der Waals surface area contributed by atoms with Crippen LogP contribution in [-0.4, -0.2) is 36.8 Å². The van der Waals surface area contributed by atoms with E-state index in [1.54, 1.807) is 48.7 Å². The molecule has 0 aliphatic rings. The van der Waals surface area contributed by atoms with Gasteiger partial charge in [0.25, 0.3) is 5.91 Å². The van der Waals surface area contributed by atoms with Crippen molar-refractivity contribution in [3.05, 3.63) is 83.6 Å². The molecule has 4 aromatic rings.